The van der Waals surface area contributed by atoms with E-state index in [4.69, 9.17) is 9.47 Å². The van der Waals surface area contributed by atoms with E-state index in [1.807, 2.05) is 12.1 Å². The number of halogens is 1. The highest BCUT2D eigenvalue weighted by Crippen LogP contribution is 2.42. The molecule has 0 saturated carbocycles. The third-order valence-electron chi connectivity index (χ3n) is 4.98. The van der Waals surface area contributed by atoms with Gasteiger partial charge in [0.2, 0.25) is 0 Å². The maximum absolute atomic E-state index is 6.35. The molecule has 2 aromatic carbocycles. The van der Waals surface area contributed by atoms with Crippen LogP contribution in [0.1, 0.15) is 42.6 Å². The Morgan fingerprint density at radius 3 is 1.68 bits per heavy atom. The zero-order chi connectivity index (χ0) is 16.2. The van der Waals surface area contributed by atoms with Gasteiger partial charge in [-0.25, -0.2) is 0 Å². The third kappa shape index (κ3) is 4.61. The minimum Gasteiger partial charge on any atom is -0.340 e. The van der Waals surface area contributed by atoms with Crippen LogP contribution in [0.5, 0.6) is 0 Å². The highest BCUT2D eigenvalue weighted by atomic mass is 127. The summed E-state index contributed by atoms with van der Waals surface area (Å²) in [4.78, 5) is 2.48. The molecule has 134 valence electrons. The summed E-state index contributed by atoms with van der Waals surface area (Å²) in [5, 5.41) is 0. The van der Waals surface area contributed by atoms with E-state index in [1.165, 1.54) is 30.4 Å². The van der Waals surface area contributed by atoms with Crippen LogP contribution in [0.25, 0.3) is 0 Å². The molecule has 2 fully saturated rings. The topological polar surface area (TPSA) is 21.7 Å². The van der Waals surface area contributed by atoms with Crippen molar-refractivity contribution in [3.63, 3.8) is 0 Å². The van der Waals surface area contributed by atoms with Crippen LogP contribution in [-0.2, 0) is 9.47 Å². The zero-order valence-electron chi connectivity index (χ0n) is 14.4. The highest BCUT2D eigenvalue weighted by molar-refractivity contribution is 14.0. The van der Waals surface area contributed by atoms with E-state index in [-0.39, 0.29) is 42.5 Å². The second-order valence-electron chi connectivity index (χ2n) is 6.73. The van der Waals surface area contributed by atoms with E-state index in [2.05, 4.69) is 53.4 Å². The monoisotopic (exact) mass is 451 g/mol. The molecular formula is C21H26INO2. The van der Waals surface area contributed by atoms with Gasteiger partial charge in [-0.1, -0.05) is 67.1 Å². The van der Waals surface area contributed by atoms with E-state index in [0.29, 0.717) is 0 Å². The van der Waals surface area contributed by atoms with Gasteiger partial charge in [0.05, 0.1) is 0 Å². The first-order valence-corrected chi connectivity index (χ1v) is 9.03. The minimum absolute atomic E-state index is 0. The van der Waals surface area contributed by atoms with Crippen molar-refractivity contribution in [2.75, 3.05) is 19.6 Å². The van der Waals surface area contributed by atoms with Crippen LogP contribution < -0.4 is 0 Å². The SMILES string of the molecule is I.c1ccc(C2OC(CN3CCCCC3)OC2c2ccccc2)cc1. The molecule has 0 aliphatic carbocycles. The van der Waals surface area contributed by atoms with Gasteiger partial charge in [0, 0.05) is 6.54 Å². The molecule has 0 aromatic heterocycles. The van der Waals surface area contributed by atoms with Crippen LogP contribution in [-0.4, -0.2) is 30.8 Å². The number of hydrogen-bond acceptors (Lipinski definition) is 3. The van der Waals surface area contributed by atoms with Crippen LogP contribution in [0.2, 0.25) is 0 Å². The average molecular weight is 451 g/mol. The van der Waals surface area contributed by atoms with Gasteiger partial charge in [-0.15, -0.1) is 24.0 Å². The van der Waals surface area contributed by atoms with Gasteiger partial charge in [0.25, 0.3) is 0 Å². The van der Waals surface area contributed by atoms with Gasteiger partial charge < -0.3 is 9.47 Å². The Labute approximate surface area is 167 Å². The lowest BCUT2D eigenvalue weighted by Gasteiger charge is -2.28. The lowest BCUT2D eigenvalue weighted by Crippen LogP contribution is -2.36. The maximum Gasteiger partial charge on any atom is 0.172 e. The van der Waals surface area contributed by atoms with Crippen LogP contribution in [0.4, 0.5) is 0 Å². The van der Waals surface area contributed by atoms with Crippen molar-refractivity contribution in [2.24, 2.45) is 0 Å². The average Bonchev–Trinajstić information content (AvgIpc) is 3.08. The normalized spacial score (nSPS) is 27.0. The predicted octanol–water partition coefficient (Wildman–Crippen LogP) is 4.95. The van der Waals surface area contributed by atoms with Crippen LogP contribution >= 0.6 is 24.0 Å². The molecule has 2 aliphatic heterocycles. The molecule has 2 unspecified atom stereocenters. The molecule has 2 atom stereocenters. The Kier molecular flexibility index (Phi) is 6.87. The molecule has 0 spiro atoms. The van der Waals surface area contributed by atoms with Gasteiger partial charge in [0.15, 0.2) is 6.29 Å². The van der Waals surface area contributed by atoms with Crippen molar-refractivity contribution in [2.45, 2.75) is 37.8 Å². The van der Waals surface area contributed by atoms with Crippen molar-refractivity contribution in [3.05, 3.63) is 71.8 Å². The summed E-state index contributed by atoms with van der Waals surface area (Å²) in [5.41, 5.74) is 2.37. The van der Waals surface area contributed by atoms with Gasteiger partial charge in [0.1, 0.15) is 12.2 Å². The third-order valence-corrected chi connectivity index (χ3v) is 4.98. The molecule has 0 radical (unpaired) electrons. The molecule has 4 heteroatoms. The maximum atomic E-state index is 6.35. The minimum atomic E-state index is -0.154. The second kappa shape index (κ2) is 9.12. The van der Waals surface area contributed by atoms with Crippen molar-refractivity contribution in [1.29, 1.82) is 0 Å². The Bertz CT molecular complexity index is 583. The summed E-state index contributed by atoms with van der Waals surface area (Å²) in [7, 11) is 0. The van der Waals surface area contributed by atoms with Crippen LogP contribution in [0.15, 0.2) is 60.7 Å². The van der Waals surface area contributed by atoms with E-state index in [1.54, 1.807) is 0 Å². The number of piperidine rings is 1. The second-order valence-corrected chi connectivity index (χ2v) is 6.73. The zero-order valence-corrected chi connectivity index (χ0v) is 16.8. The first-order valence-electron chi connectivity index (χ1n) is 9.03. The van der Waals surface area contributed by atoms with Crippen molar-refractivity contribution >= 4 is 24.0 Å². The van der Waals surface area contributed by atoms with Gasteiger partial charge >= 0.3 is 0 Å². The van der Waals surface area contributed by atoms with E-state index >= 15 is 0 Å². The Morgan fingerprint density at radius 2 is 1.20 bits per heavy atom. The Morgan fingerprint density at radius 1 is 0.720 bits per heavy atom. The molecule has 2 aromatic rings. The standard InChI is InChI=1S/C21H25NO2.HI/c1-4-10-17(11-5-1)20-21(18-12-6-2-7-13-18)24-19(23-20)16-22-14-8-3-9-15-22;/h1-2,4-7,10-13,19-21H,3,8-9,14-16H2;1H. The van der Waals surface area contributed by atoms with E-state index < -0.39 is 0 Å². The lowest BCUT2D eigenvalue weighted by atomic mass is 9.99. The first-order chi connectivity index (χ1) is 11.9. The largest absolute Gasteiger partial charge is 0.340 e. The van der Waals surface area contributed by atoms with Crippen LogP contribution in [0.3, 0.4) is 0 Å². The molecule has 3 nitrogen and oxygen atoms in total. The molecule has 0 amide bonds. The number of benzene rings is 2. The number of nitrogens with zero attached hydrogens (tertiary/aromatic N) is 1. The molecule has 2 aliphatic rings. The summed E-state index contributed by atoms with van der Waals surface area (Å²) < 4.78 is 12.7. The van der Waals surface area contributed by atoms with Crippen molar-refractivity contribution in [3.8, 4) is 0 Å². The van der Waals surface area contributed by atoms with Crippen LogP contribution in [0, 0.1) is 0 Å². The fourth-order valence-corrected chi connectivity index (χ4v) is 3.73. The number of likely N-dealkylation sites (tertiary alicyclic amines) is 1. The van der Waals surface area contributed by atoms with E-state index in [0.717, 1.165) is 19.6 Å². The Hall–Kier alpha value is -0.950. The Balaban J connectivity index is 0.00000182. The quantitative estimate of drug-likeness (QED) is 0.615. The lowest BCUT2D eigenvalue weighted by molar-refractivity contribution is -0.0859. The molecule has 2 heterocycles. The summed E-state index contributed by atoms with van der Waals surface area (Å²) in [6, 6.07) is 20.9. The smallest absolute Gasteiger partial charge is 0.172 e. The first kappa shape index (κ1) is 18.8. The fraction of sp³-hybridized carbons (Fsp3) is 0.429. The molecule has 0 N–H and O–H groups in total. The van der Waals surface area contributed by atoms with E-state index in [9.17, 15) is 0 Å². The van der Waals surface area contributed by atoms with Gasteiger partial charge in [-0.2, -0.15) is 0 Å². The highest BCUT2D eigenvalue weighted by Gasteiger charge is 2.38. The summed E-state index contributed by atoms with van der Waals surface area (Å²) in [6.07, 6.45) is 3.70. The molecule has 25 heavy (non-hydrogen) atoms. The molecule has 2 saturated heterocycles. The van der Waals surface area contributed by atoms with Crippen molar-refractivity contribution < 1.29 is 9.47 Å². The number of hydrogen-bond donors (Lipinski definition) is 0. The summed E-state index contributed by atoms with van der Waals surface area (Å²) in [6.45, 7) is 3.19. The summed E-state index contributed by atoms with van der Waals surface area (Å²) in [5.74, 6) is 0. The van der Waals surface area contributed by atoms with Crippen molar-refractivity contribution in [1.82, 2.24) is 4.90 Å². The molecule has 0 bridgehead atoms. The number of ether oxygens (including phenoxy) is 2. The number of rotatable bonds is 4. The van der Waals surface area contributed by atoms with Gasteiger partial charge in [-0.05, 0) is 37.1 Å². The molecular weight excluding hydrogens is 425 g/mol. The predicted molar refractivity (Wildman–Crippen MR) is 110 cm³/mol. The summed E-state index contributed by atoms with van der Waals surface area (Å²) >= 11 is 0. The van der Waals surface area contributed by atoms with Gasteiger partial charge in [-0.3, -0.25) is 4.90 Å². The fourth-order valence-electron chi connectivity index (χ4n) is 3.73. The molecule has 4 rings (SSSR count).